The quantitative estimate of drug-likeness (QED) is 0.318. The summed E-state index contributed by atoms with van der Waals surface area (Å²) in [5.41, 5.74) is 7.98. The van der Waals surface area contributed by atoms with Crippen LogP contribution in [0, 0.1) is 11.3 Å². The number of nitrogens with one attached hydrogen (secondary N) is 2. The fourth-order valence-corrected chi connectivity index (χ4v) is 2.06. The summed E-state index contributed by atoms with van der Waals surface area (Å²) >= 11 is 0. The zero-order valence-electron chi connectivity index (χ0n) is 14.2. The van der Waals surface area contributed by atoms with Crippen molar-refractivity contribution >= 4 is 23.3 Å². The molecule has 26 heavy (non-hydrogen) atoms. The lowest BCUT2D eigenvalue weighted by atomic mass is 10.1. The zero-order chi connectivity index (χ0) is 18.9. The number of benzene rings is 2. The standard InChI is InChI=1S/C19H18N4O3/c1-26-19(25)14-4-2-13(3-5-14)11-22-12-15(10-20)18(24)23-17-8-6-16(21)7-9-17/h2-9,12,22H,11,21H2,1H3,(H,23,24)/b15-12-. The first-order valence-corrected chi connectivity index (χ1v) is 7.71. The molecule has 0 aliphatic heterocycles. The zero-order valence-corrected chi connectivity index (χ0v) is 14.2. The summed E-state index contributed by atoms with van der Waals surface area (Å²) in [5, 5.41) is 14.7. The molecule has 0 heterocycles. The molecular formula is C19H18N4O3. The maximum absolute atomic E-state index is 12.1. The molecule has 4 N–H and O–H groups in total. The van der Waals surface area contributed by atoms with E-state index in [2.05, 4.69) is 15.4 Å². The summed E-state index contributed by atoms with van der Waals surface area (Å²) < 4.78 is 4.63. The lowest BCUT2D eigenvalue weighted by molar-refractivity contribution is -0.112. The molecular weight excluding hydrogens is 332 g/mol. The minimum Gasteiger partial charge on any atom is -0.465 e. The van der Waals surface area contributed by atoms with Gasteiger partial charge in [-0.05, 0) is 42.0 Å². The Hall–Kier alpha value is -3.79. The molecule has 0 saturated carbocycles. The fraction of sp³-hybridized carbons (Fsp3) is 0.105. The number of carbonyl (C=O) groups is 2. The van der Waals surface area contributed by atoms with Crippen molar-refractivity contribution in [3.8, 4) is 6.07 Å². The Labute approximate surface area is 151 Å². The van der Waals surface area contributed by atoms with E-state index in [1.807, 2.05) is 6.07 Å². The topological polar surface area (TPSA) is 117 Å². The second kappa shape index (κ2) is 8.89. The summed E-state index contributed by atoms with van der Waals surface area (Å²) in [6.07, 6.45) is 1.35. The van der Waals surface area contributed by atoms with Gasteiger partial charge in [0.25, 0.3) is 5.91 Å². The molecule has 7 heteroatoms. The van der Waals surface area contributed by atoms with Crippen LogP contribution in [0.15, 0.2) is 60.3 Å². The van der Waals surface area contributed by atoms with Gasteiger partial charge in [-0.3, -0.25) is 4.79 Å². The molecule has 0 radical (unpaired) electrons. The van der Waals surface area contributed by atoms with Crippen LogP contribution in [0.5, 0.6) is 0 Å². The normalized spacial score (nSPS) is 10.5. The molecule has 0 fully saturated rings. The van der Waals surface area contributed by atoms with Crippen molar-refractivity contribution in [2.45, 2.75) is 6.54 Å². The van der Waals surface area contributed by atoms with Gasteiger partial charge in [-0.15, -0.1) is 0 Å². The molecule has 0 unspecified atom stereocenters. The Morgan fingerprint density at radius 2 is 1.81 bits per heavy atom. The largest absolute Gasteiger partial charge is 0.465 e. The van der Waals surface area contributed by atoms with Crippen molar-refractivity contribution in [3.63, 3.8) is 0 Å². The highest BCUT2D eigenvalue weighted by Crippen LogP contribution is 2.11. The Morgan fingerprint density at radius 3 is 2.38 bits per heavy atom. The van der Waals surface area contributed by atoms with Gasteiger partial charge < -0.3 is 21.1 Å². The third-order valence-electron chi connectivity index (χ3n) is 3.46. The Kier molecular flexibility index (Phi) is 6.34. The van der Waals surface area contributed by atoms with Crippen molar-refractivity contribution in [2.75, 3.05) is 18.2 Å². The molecule has 7 nitrogen and oxygen atoms in total. The molecule has 0 aliphatic rings. The predicted molar refractivity (Wildman–Crippen MR) is 97.8 cm³/mol. The molecule has 0 atom stereocenters. The van der Waals surface area contributed by atoms with Gasteiger partial charge in [0, 0.05) is 24.1 Å². The number of carbonyl (C=O) groups excluding carboxylic acids is 2. The van der Waals surface area contributed by atoms with E-state index >= 15 is 0 Å². The molecule has 0 aliphatic carbocycles. The van der Waals surface area contributed by atoms with Gasteiger partial charge in [0.05, 0.1) is 12.7 Å². The summed E-state index contributed by atoms with van der Waals surface area (Å²) in [5.74, 6) is -0.929. The van der Waals surface area contributed by atoms with E-state index in [9.17, 15) is 9.59 Å². The number of amides is 1. The predicted octanol–water partition coefficient (Wildman–Crippen LogP) is 2.19. The van der Waals surface area contributed by atoms with E-state index in [1.165, 1.54) is 13.3 Å². The van der Waals surface area contributed by atoms with Crippen molar-refractivity contribution in [2.24, 2.45) is 0 Å². The van der Waals surface area contributed by atoms with Crippen molar-refractivity contribution in [3.05, 3.63) is 71.4 Å². The highest BCUT2D eigenvalue weighted by molar-refractivity contribution is 6.06. The molecule has 2 aromatic rings. The molecule has 0 saturated heterocycles. The smallest absolute Gasteiger partial charge is 0.337 e. The van der Waals surface area contributed by atoms with Crippen LogP contribution in [0.4, 0.5) is 11.4 Å². The van der Waals surface area contributed by atoms with Crippen molar-refractivity contribution in [1.82, 2.24) is 5.32 Å². The lowest BCUT2D eigenvalue weighted by Crippen LogP contribution is -2.16. The number of ether oxygens (including phenoxy) is 1. The van der Waals surface area contributed by atoms with Gasteiger partial charge in [-0.25, -0.2) is 4.79 Å². The van der Waals surface area contributed by atoms with Crippen molar-refractivity contribution < 1.29 is 14.3 Å². The van der Waals surface area contributed by atoms with Crippen LogP contribution in [0.25, 0.3) is 0 Å². The number of nitrogen functional groups attached to an aromatic ring is 1. The summed E-state index contributed by atoms with van der Waals surface area (Å²) in [7, 11) is 1.32. The molecule has 0 spiro atoms. The third-order valence-corrected chi connectivity index (χ3v) is 3.46. The average Bonchev–Trinajstić information content (AvgIpc) is 2.66. The maximum Gasteiger partial charge on any atom is 0.337 e. The van der Waals surface area contributed by atoms with Gasteiger partial charge in [0.2, 0.25) is 0 Å². The van der Waals surface area contributed by atoms with E-state index < -0.39 is 11.9 Å². The third kappa shape index (κ3) is 5.11. The number of hydrogen-bond donors (Lipinski definition) is 3. The van der Waals surface area contributed by atoms with Gasteiger partial charge in [0.1, 0.15) is 11.6 Å². The van der Waals surface area contributed by atoms with Crippen LogP contribution in [0.3, 0.4) is 0 Å². The Bertz CT molecular complexity index is 850. The first-order chi connectivity index (χ1) is 12.5. The SMILES string of the molecule is COC(=O)c1ccc(CN/C=C(/C#N)C(=O)Nc2ccc(N)cc2)cc1. The summed E-state index contributed by atoms with van der Waals surface area (Å²) in [6, 6.07) is 15.3. The number of nitrogens with two attached hydrogens (primary N) is 1. The van der Waals surface area contributed by atoms with E-state index in [-0.39, 0.29) is 5.57 Å². The van der Waals surface area contributed by atoms with Crippen LogP contribution in [0.2, 0.25) is 0 Å². The van der Waals surface area contributed by atoms with Crippen LogP contribution >= 0.6 is 0 Å². The number of hydrogen-bond acceptors (Lipinski definition) is 6. The first kappa shape index (κ1) is 18.5. The van der Waals surface area contributed by atoms with Gasteiger partial charge in [-0.1, -0.05) is 12.1 Å². The number of anilines is 2. The minimum atomic E-state index is -0.522. The van der Waals surface area contributed by atoms with Crippen LogP contribution in [0.1, 0.15) is 15.9 Å². The fourth-order valence-electron chi connectivity index (χ4n) is 2.06. The molecule has 2 rings (SSSR count). The molecule has 1 amide bonds. The second-order valence-corrected chi connectivity index (χ2v) is 5.32. The number of esters is 1. The minimum absolute atomic E-state index is 0.0620. The monoisotopic (exact) mass is 350 g/mol. The molecule has 132 valence electrons. The first-order valence-electron chi connectivity index (χ1n) is 7.71. The Morgan fingerprint density at radius 1 is 1.15 bits per heavy atom. The highest BCUT2D eigenvalue weighted by atomic mass is 16.5. The van der Waals surface area contributed by atoms with Gasteiger partial charge in [0.15, 0.2) is 0 Å². The Balaban J connectivity index is 1.94. The average molecular weight is 350 g/mol. The van der Waals surface area contributed by atoms with E-state index in [4.69, 9.17) is 11.0 Å². The van der Waals surface area contributed by atoms with E-state index in [0.29, 0.717) is 23.5 Å². The summed E-state index contributed by atoms with van der Waals surface area (Å²) in [4.78, 5) is 23.5. The number of nitriles is 1. The highest BCUT2D eigenvalue weighted by Gasteiger charge is 2.09. The van der Waals surface area contributed by atoms with Crippen LogP contribution < -0.4 is 16.4 Å². The molecule has 0 bridgehead atoms. The lowest BCUT2D eigenvalue weighted by Gasteiger charge is -2.06. The number of rotatable bonds is 6. The van der Waals surface area contributed by atoms with Crippen molar-refractivity contribution in [1.29, 1.82) is 5.26 Å². The van der Waals surface area contributed by atoms with E-state index in [1.54, 1.807) is 48.5 Å². The maximum atomic E-state index is 12.1. The van der Waals surface area contributed by atoms with Crippen LogP contribution in [-0.2, 0) is 16.1 Å². The van der Waals surface area contributed by atoms with Gasteiger partial charge >= 0.3 is 5.97 Å². The molecule has 0 aromatic heterocycles. The molecule has 2 aromatic carbocycles. The number of nitrogens with zero attached hydrogens (tertiary/aromatic N) is 1. The summed E-state index contributed by atoms with van der Waals surface area (Å²) in [6.45, 7) is 0.391. The van der Waals surface area contributed by atoms with E-state index in [0.717, 1.165) is 5.56 Å². The van der Waals surface area contributed by atoms with Gasteiger partial charge in [-0.2, -0.15) is 5.26 Å². The van der Waals surface area contributed by atoms with Crippen LogP contribution in [-0.4, -0.2) is 19.0 Å². The number of methoxy groups -OCH3 is 1. The second-order valence-electron chi connectivity index (χ2n) is 5.32.